The van der Waals surface area contributed by atoms with Crippen molar-refractivity contribution in [1.29, 1.82) is 0 Å². The Morgan fingerprint density at radius 2 is 1.68 bits per heavy atom. The van der Waals surface area contributed by atoms with Crippen LogP contribution >= 0.6 is 0 Å². The van der Waals surface area contributed by atoms with Crippen molar-refractivity contribution >= 4 is 17.6 Å². The Kier molecular flexibility index (Phi) is 6.17. The molecule has 0 spiro atoms. The van der Waals surface area contributed by atoms with Crippen LogP contribution < -0.4 is 16.0 Å². The van der Waals surface area contributed by atoms with Gasteiger partial charge in [0.1, 0.15) is 0 Å². The summed E-state index contributed by atoms with van der Waals surface area (Å²) in [6.07, 6.45) is 0. The summed E-state index contributed by atoms with van der Waals surface area (Å²) >= 11 is 0. The third-order valence-corrected chi connectivity index (χ3v) is 3.72. The molecule has 3 N–H and O–H groups in total. The maximum absolute atomic E-state index is 12.3. The predicted octanol–water partition coefficient (Wildman–Crippen LogP) is 3.76. The normalized spacial score (nSPS) is 10.4. The summed E-state index contributed by atoms with van der Waals surface area (Å²) in [6.45, 7) is 8.14. The van der Waals surface area contributed by atoms with Gasteiger partial charge in [-0.1, -0.05) is 29.8 Å². The first-order chi connectivity index (χ1) is 11.8. The summed E-state index contributed by atoms with van der Waals surface area (Å²) in [4.78, 5) is 24.0. The average Bonchev–Trinajstić information content (AvgIpc) is 2.55. The molecular weight excluding hydrogens is 314 g/mol. The van der Waals surface area contributed by atoms with Crippen molar-refractivity contribution in [3.05, 3.63) is 64.7 Å². The highest BCUT2D eigenvalue weighted by molar-refractivity contribution is 5.95. The van der Waals surface area contributed by atoms with Crippen LogP contribution in [0.25, 0.3) is 0 Å². The van der Waals surface area contributed by atoms with Crippen LogP contribution in [0.3, 0.4) is 0 Å². The molecule has 0 aliphatic rings. The second-order valence-electron chi connectivity index (χ2n) is 6.45. The topological polar surface area (TPSA) is 70.2 Å². The van der Waals surface area contributed by atoms with E-state index in [1.165, 1.54) is 0 Å². The number of hydrogen-bond acceptors (Lipinski definition) is 2. The lowest BCUT2D eigenvalue weighted by molar-refractivity contribution is 0.0950. The van der Waals surface area contributed by atoms with Crippen molar-refractivity contribution in [3.8, 4) is 0 Å². The molecule has 0 saturated heterocycles. The zero-order valence-electron chi connectivity index (χ0n) is 15.1. The molecule has 132 valence electrons. The fourth-order valence-electron chi connectivity index (χ4n) is 2.39. The van der Waals surface area contributed by atoms with Crippen LogP contribution in [-0.4, -0.2) is 18.0 Å². The number of amides is 3. The zero-order valence-corrected chi connectivity index (χ0v) is 15.1. The largest absolute Gasteiger partial charge is 0.348 e. The SMILES string of the molecule is Cc1ccc(C)c(C(=O)NCc2ccc(NC(=O)NC(C)C)cc2)c1. The van der Waals surface area contributed by atoms with Gasteiger partial charge >= 0.3 is 6.03 Å². The number of anilines is 1. The van der Waals surface area contributed by atoms with E-state index in [0.29, 0.717) is 17.8 Å². The average molecular weight is 339 g/mol. The second-order valence-corrected chi connectivity index (χ2v) is 6.45. The second kappa shape index (κ2) is 8.33. The third kappa shape index (κ3) is 5.64. The molecule has 0 bridgehead atoms. The quantitative estimate of drug-likeness (QED) is 0.776. The molecule has 2 aromatic carbocycles. The van der Waals surface area contributed by atoms with Gasteiger partial charge < -0.3 is 16.0 Å². The Bertz CT molecular complexity index is 752. The standard InChI is InChI=1S/C20H25N3O2/c1-13(2)22-20(25)23-17-9-7-16(8-10-17)12-21-19(24)18-11-14(3)5-6-15(18)4/h5-11,13H,12H2,1-4H3,(H,21,24)(H2,22,23,25). The molecule has 0 aliphatic carbocycles. The monoisotopic (exact) mass is 339 g/mol. The number of carbonyl (C=O) groups excluding carboxylic acids is 2. The van der Waals surface area contributed by atoms with E-state index in [-0.39, 0.29) is 18.0 Å². The van der Waals surface area contributed by atoms with Gasteiger partial charge in [0.15, 0.2) is 0 Å². The Morgan fingerprint density at radius 3 is 2.32 bits per heavy atom. The Morgan fingerprint density at radius 1 is 1.00 bits per heavy atom. The van der Waals surface area contributed by atoms with Gasteiger partial charge in [0, 0.05) is 23.8 Å². The molecule has 5 heteroatoms. The Hall–Kier alpha value is -2.82. The first-order valence-corrected chi connectivity index (χ1v) is 8.37. The summed E-state index contributed by atoms with van der Waals surface area (Å²) in [5, 5.41) is 8.47. The maximum Gasteiger partial charge on any atom is 0.319 e. The molecular formula is C20H25N3O2. The zero-order chi connectivity index (χ0) is 18.4. The minimum Gasteiger partial charge on any atom is -0.348 e. The third-order valence-electron chi connectivity index (χ3n) is 3.72. The van der Waals surface area contributed by atoms with Gasteiger partial charge in [-0.3, -0.25) is 4.79 Å². The molecule has 2 rings (SSSR count). The highest BCUT2D eigenvalue weighted by Crippen LogP contribution is 2.12. The minimum absolute atomic E-state index is 0.0829. The van der Waals surface area contributed by atoms with E-state index in [0.717, 1.165) is 16.7 Å². The molecule has 0 fully saturated rings. The maximum atomic E-state index is 12.3. The summed E-state index contributed by atoms with van der Waals surface area (Å²) in [7, 11) is 0. The van der Waals surface area contributed by atoms with Crippen LogP contribution in [0.2, 0.25) is 0 Å². The first kappa shape index (κ1) is 18.5. The molecule has 0 atom stereocenters. The van der Waals surface area contributed by atoms with Crippen molar-refractivity contribution in [1.82, 2.24) is 10.6 Å². The van der Waals surface area contributed by atoms with E-state index < -0.39 is 0 Å². The van der Waals surface area contributed by atoms with Crippen LogP contribution in [0.5, 0.6) is 0 Å². The van der Waals surface area contributed by atoms with E-state index in [1.54, 1.807) is 0 Å². The number of nitrogens with one attached hydrogen (secondary N) is 3. The van der Waals surface area contributed by atoms with E-state index in [9.17, 15) is 9.59 Å². The number of carbonyl (C=O) groups is 2. The lowest BCUT2D eigenvalue weighted by atomic mass is 10.0. The summed E-state index contributed by atoms with van der Waals surface area (Å²) < 4.78 is 0. The van der Waals surface area contributed by atoms with Gasteiger partial charge in [0.25, 0.3) is 5.91 Å². The predicted molar refractivity (Wildman–Crippen MR) is 101 cm³/mol. The summed E-state index contributed by atoms with van der Waals surface area (Å²) in [5.41, 5.74) is 4.39. The number of benzene rings is 2. The minimum atomic E-state index is -0.231. The number of hydrogen-bond donors (Lipinski definition) is 3. The Balaban J connectivity index is 1.92. The van der Waals surface area contributed by atoms with Gasteiger partial charge in [0.05, 0.1) is 0 Å². The van der Waals surface area contributed by atoms with Crippen LogP contribution in [0.15, 0.2) is 42.5 Å². The van der Waals surface area contributed by atoms with Crippen molar-refractivity contribution in [2.45, 2.75) is 40.3 Å². The molecule has 5 nitrogen and oxygen atoms in total. The highest BCUT2D eigenvalue weighted by atomic mass is 16.2. The van der Waals surface area contributed by atoms with Gasteiger partial charge in [0.2, 0.25) is 0 Å². The van der Waals surface area contributed by atoms with Crippen molar-refractivity contribution in [2.24, 2.45) is 0 Å². The lowest BCUT2D eigenvalue weighted by Crippen LogP contribution is -2.34. The molecule has 3 amide bonds. The smallest absolute Gasteiger partial charge is 0.319 e. The summed E-state index contributed by atoms with van der Waals surface area (Å²) in [6, 6.07) is 13.1. The van der Waals surface area contributed by atoms with Gasteiger partial charge in [-0.2, -0.15) is 0 Å². The van der Waals surface area contributed by atoms with E-state index in [1.807, 2.05) is 70.2 Å². The fourth-order valence-corrected chi connectivity index (χ4v) is 2.39. The number of rotatable bonds is 5. The van der Waals surface area contributed by atoms with Crippen LogP contribution in [0.1, 0.15) is 40.9 Å². The number of urea groups is 1. The van der Waals surface area contributed by atoms with Crippen molar-refractivity contribution in [2.75, 3.05) is 5.32 Å². The van der Waals surface area contributed by atoms with Crippen LogP contribution in [0.4, 0.5) is 10.5 Å². The van der Waals surface area contributed by atoms with Crippen LogP contribution in [0, 0.1) is 13.8 Å². The molecule has 0 heterocycles. The van der Waals surface area contributed by atoms with Gasteiger partial charge in [-0.25, -0.2) is 4.79 Å². The summed E-state index contributed by atoms with van der Waals surface area (Å²) in [5.74, 6) is -0.0836. The van der Waals surface area contributed by atoms with Crippen molar-refractivity contribution in [3.63, 3.8) is 0 Å². The van der Waals surface area contributed by atoms with Crippen LogP contribution in [-0.2, 0) is 6.54 Å². The lowest BCUT2D eigenvalue weighted by Gasteiger charge is -2.11. The fraction of sp³-hybridized carbons (Fsp3) is 0.300. The van der Waals surface area contributed by atoms with E-state index >= 15 is 0 Å². The molecule has 25 heavy (non-hydrogen) atoms. The molecule has 0 aromatic heterocycles. The molecule has 0 radical (unpaired) electrons. The van der Waals surface area contributed by atoms with Crippen molar-refractivity contribution < 1.29 is 9.59 Å². The van der Waals surface area contributed by atoms with E-state index in [2.05, 4.69) is 16.0 Å². The molecule has 2 aromatic rings. The first-order valence-electron chi connectivity index (χ1n) is 8.37. The Labute approximate surface area is 148 Å². The van der Waals surface area contributed by atoms with Gasteiger partial charge in [-0.15, -0.1) is 0 Å². The molecule has 0 aliphatic heterocycles. The van der Waals surface area contributed by atoms with E-state index in [4.69, 9.17) is 0 Å². The molecule has 0 unspecified atom stereocenters. The highest BCUT2D eigenvalue weighted by Gasteiger charge is 2.09. The molecule has 0 saturated carbocycles. The number of aryl methyl sites for hydroxylation is 2. The van der Waals surface area contributed by atoms with Gasteiger partial charge in [-0.05, 0) is 57.0 Å².